The van der Waals surface area contributed by atoms with Crippen molar-refractivity contribution < 1.29 is 19.1 Å². The summed E-state index contributed by atoms with van der Waals surface area (Å²) in [5, 5.41) is 11.1. The molecule has 1 N–H and O–H groups in total. The Morgan fingerprint density at radius 2 is 1.89 bits per heavy atom. The third-order valence-corrected chi connectivity index (χ3v) is 5.66. The van der Waals surface area contributed by atoms with Crippen LogP contribution in [0, 0.1) is 6.92 Å². The zero-order valence-electron chi connectivity index (χ0n) is 16.3. The van der Waals surface area contributed by atoms with E-state index in [2.05, 4.69) is 0 Å². The Labute approximate surface area is 164 Å². The summed E-state index contributed by atoms with van der Waals surface area (Å²) in [5.41, 5.74) is 3.21. The van der Waals surface area contributed by atoms with Gasteiger partial charge < -0.3 is 14.4 Å². The van der Waals surface area contributed by atoms with Crippen LogP contribution in [0.1, 0.15) is 60.4 Å². The Balaban J connectivity index is 1.84. The number of ketones is 1. The van der Waals surface area contributed by atoms with Crippen molar-refractivity contribution in [2.24, 2.45) is 0 Å². The number of aliphatic hydroxyl groups excluding tert-OH is 1. The maximum atomic E-state index is 12.8. The van der Waals surface area contributed by atoms with Gasteiger partial charge in [0.15, 0.2) is 0 Å². The van der Waals surface area contributed by atoms with Crippen molar-refractivity contribution in [1.29, 1.82) is 0 Å². The van der Waals surface area contributed by atoms with Gasteiger partial charge in [0.25, 0.3) is 11.7 Å². The van der Waals surface area contributed by atoms with Gasteiger partial charge in [-0.2, -0.15) is 0 Å². The van der Waals surface area contributed by atoms with Crippen molar-refractivity contribution in [3.05, 3.63) is 64.1 Å². The Hall–Kier alpha value is -2.82. The average molecular weight is 379 g/mol. The number of aliphatic hydroxyl groups is 1. The molecule has 146 valence electrons. The number of aryl methyl sites for hydroxylation is 3. The highest BCUT2D eigenvalue weighted by Crippen LogP contribution is 2.40. The fourth-order valence-corrected chi connectivity index (χ4v) is 4.28. The van der Waals surface area contributed by atoms with Crippen LogP contribution in [-0.2, 0) is 22.4 Å². The quantitative estimate of drug-likeness (QED) is 0.488. The number of benzene rings is 1. The van der Waals surface area contributed by atoms with Crippen molar-refractivity contribution in [2.45, 2.75) is 52.0 Å². The molecule has 1 aromatic carbocycles. The van der Waals surface area contributed by atoms with Crippen molar-refractivity contribution in [3.8, 4) is 0 Å². The first-order valence-electron chi connectivity index (χ1n) is 9.98. The predicted octanol–water partition coefficient (Wildman–Crippen LogP) is 4.30. The van der Waals surface area contributed by atoms with Crippen molar-refractivity contribution in [1.82, 2.24) is 4.90 Å². The molecule has 2 aliphatic rings. The van der Waals surface area contributed by atoms with Crippen LogP contribution in [0.2, 0.25) is 0 Å². The number of Topliss-reactive ketones (excluding diaryl/α,β-unsaturated/α-hetero) is 1. The molecule has 1 fully saturated rings. The van der Waals surface area contributed by atoms with Gasteiger partial charge in [0.2, 0.25) is 0 Å². The monoisotopic (exact) mass is 379 g/mol. The largest absolute Gasteiger partial charge is 0.507 e. The molecular weight excluding hydrogens is 354 g/mol. The Morgan fingerprint density at radius 3 is 2.57 bits per heavy atom. The molecule has 2 aromatic rings. The minimum atomic E-state index is -0.690. The van der Waals surface area contributed by atoms with Crippen LogP contribution in [0.5, 0.6) is 0 Å². The lowest BCUT2D eigenvalue weighted by molar-refractivity contribution is -0.140. The highest BCUT2D eigenvalue weighted by Gasteiger charge is 2.47. The van der Waals surface area contributed by atoms with E-state index >= 15 is 0 Å². The second kappa shape index (κ2) is 7.30. The number of nitrogens with zero attached hydrogens (tertiary/aromatic N) is 1. The molecule has 1 unspecified atom stereocenters. The molecule has 5 nitrogen and oxygen atoms in total. The third kappa shape index (κ3) is 3.05. The number of rotatable bonds is 4. The minimum Gasteiger partial charge on any atom is -0.507 e. The number of likely N-dealkylation sites (tertiary alicyclic amines) is 1. The van der Waals surface area contributed by atoms with Crippen molar-refractivity contribution >= 4 is 17.4 Å². The smallest absolute Gasteiger partial charge is 0.295 e. The summed E-state index contributed by atoms with van der Waals surface area (Å²) >= 11 is 0. The van der Waals surface area contributed by atoms with Crippen LogP contribution in [0.25, 0.3) is 5.76 Å². The number of hydrogen-bond donors (Lipinski definition) is 1. The number of furan rings is 1. The SMILES string of the molecule is CCCN1C(=O)C(=O)/C(=C(\O)c2ccc3c(c2)CCCC3)C1c1ccc(C)o1. The van der Waals surface area contributed by atoms with Crippen LogP contribution >= 0.6 is 0 Å². The second-order valence-corrected chi connectivity index (χ2v) is 7.63. The van der Waals surface area contributed by atoms with E-state index in [4.69, 9.17) is 4.42 Å². The maximum absolute atomic E-state index is 12.8. The molecule has 2 heterocycles. The van der Waals surface area contributed by atoms with E-state index in [9.17, 15) is 14.7 Å². The van der Waals surface area contributed by atoms with Crippen LogP contribution in [0.3, 0.4) is 0 Å². The molecular formula is C23H25NO4. The summed E-state index contributed by atoms with van der Waals surface area (Å²) in [7, 11) is 0. The van der Waals surface area contributed by atoms with Crippen LogP contribution in [0.4, 0.5) is 0 Å². The van der Waals surface area contributed by atoms with Gasteiger partial charge in [-0.25, -0.2) is 0 Å². The van der Waals surface area contributed by atoms with E-state index in [-0.39, 0.29) is 11.3 Å². The van der Waals surface area contributed by atoms with E-state index in [1.165, 1.54) is 22.4 Å². The van der Waals surface area contributed by atoms with E-state index in [1.807, 2.05) is 32.0 Å². The van der Waals surface area contributed by atoms with Gasteiger partial charge in [-0.05, 0) is 68.4 Å². The second-order valence-electron chi connectivity index (χ2n) is 7.63. The lowest BCUT2D eigenvalue weighted by Gasteiger charge is -2.23. The Bertz CT molecular complexity index is 969. The summed E-state index contributed by atoms with van der Waals surface area (Å²) < 4.78 is 5.76. The third-order valence-electron chi connectivity index (χ3n) is 5.66. The molecule has 0 radical (unpaired) electrons. The van der Waals surface area contributed by atoms with Crippen LogP contribution in [-0.4, -0.2) is 28.2 Å². The fraction of sp³-hybridized carbons (Fsp3) is 0.391. The number of carbonyl (C=O) groups is 2. The maximum Gasteiger partial charge on any atom is 0.295 e. The van der Waals surface area contributed by atoms with E-state index in [0.29, 0.717) is 30.0 Å². The highest BCUT2D eigenvalue weighted by molar-refractivity contribution is 6.46. The van der Waals surface area contributed by atoms with Crippen LogP contribution in [0.15, 0.2) is 40.3 Å². The molecule has 5 heteroatoms. The first kappa shape index (κ1) is 18.5. The summed E-state index contributed by atoms with van der Waals surface area (Å²) in [4.78, 5) is 27.0. The van der Waals surface area contributed by atoms with Gasteiger partial charge >= 0.3 is 0 Å². The lowest BCUT2D eigenvalue weighted by atomic mass is 9.89. The summed E-state index contributed by atoms with van der Waals surface area (Å²) in [5.74, 6) is -0.150. The molecule has 0 bridgehead atoms. The molecule has 1 aliphatic heterocycles. The topological polar surface area (TPSA) is 70.8 Å². The number of amides is 1. The first-order chi connectivity index (χ1) is 13.5. The average Bonchev–Trinajstić information content (AvgIpc) is 3.23. The van der Waals surface area contributed by atoms with Gasteiger partial charge in [0.1, 0.15) is 23.3 Å². The molecule has 1 atom stereocenters. The molecule has 1 saturated heterocycles. The predicted molar refractivity (Wildman–Crippen MR) is 106 cm³/mol. The minimum absolute atomic E-state index is 0.114. The molecule has 1 amide bonds. The number of fused-ring (bicyclic) bond motifs is 1. The van der Waals surface area contributed by atoms with Gasteiger partial charge in [-0.1, -0.05) is 19.1 Å². The highest BCUT2D eigenvalue weighted by atomic mass is 16.3. The molecule has 0 spiro atoms. The lowest BCUT2D eigenvalue weighted by Crippen LogP contribution is -2.30. The molecule has 4 rings (SSSR count). The van der Waals surface area contributed by atoms with Gasteiger partial charge in [0, 0.05) is 12.1 Å². The Kier molecular flexibility index (Phi) is 4.84. The number of carbonyl (C=O) groups excluding carboxylic acids is 2. The van der Waals surface area contributed by atoms with Crippen molar-refractivity contribution in [2.75, 3.05) is 6.54 Å². The summed E-state index contributed by atoms with van der Waals surface area (Å²) in [6.45, 7) is 4.20. The number of hydrogen-bond acceptors (Lipinski definition) is 4. The van der Waals surface area contributed by atoms with Crippen LogP contribution < -0.4 is 0 Å². The molecule has 1 aliphatic carbocycles. The zero-order chi connectivity index (χ0) is 19.8. The van der Waals surface area contributed by atoms with Gasteiger partial charge in [0.05, 0.1) is 5.57 Å². The molecule has 0 saturated carbocycles. The normalized spacial score (nSPS) is 21.2. The van der Waals surface area contributed by atoms with Gasteiger partial charge in [-0.3, -0.25) is 9.59 Å². The van der Waals surface area contributed by atoms with Crippen molar-refractivity contribution in [3.63, 3.8) is 0 Å². The van der Waals surface area contributed by atoms with Gasteiger partial charge in [-0.15, -0.1) is 0 Å². The van der Waals surface area contributed by atoms with E-state index in [1.54, 1.807) is 12.1 Å². The summed E-state index contributed by atoms with van der Waals surface area (Å²) in [6, 6.07) is 8.72. The zero-order valence-corrected chi connectivity index (χ0v) is 16.3. The first-order valence-corrected chi connectivity index (χ1v) is 9.98. The standard InChI is InChI=1S/C23H25NO4/c1-3-12-24-20(18-11-8-14(2)28-18)19(22(26)23(24)27)21(25)17-10-9-15-6-4-5-7-16(15)13-17/h8-11,13,20,25H,3-7,12H2,1-2H3/b21-19-. The van der Waals surface area contributed by atoms with E-state index in [0.717, 1.165) is 19.3 Å². The molecule has 1 aromatic heterocycles. The fourth-order valence-electron chi connectivity index (χ4n) is 4.28. The Morgan fingerprint density at radius 1 is 1.14 bits per heavy atom. The molecule has 28 heavy (non-hydrogen) atoms. The summed E-state index contributed by atoms with van der Waals surface area (Å²) in [6.07, 6.45) is 5.04. The van der Waals surface area contributed by atoms with E-state index < -0.39 is 17.7 Å².